The van der Waals surface area contributed by atoms with Gasteiger partial charge in [0.05, 0.1) is 5.56 Å². The number of nitrogens with zero attached hydrogens (tertiary/aromatic N) is 1. The Bertz CT molecular complexity index is 646. The summed E-state index contributed by atoms with van der Waals surface area (Å²) in [5.74, 6) is -0.965. The minimum Gasteiger partial charge on any atom is -0.478 e. The molecule has 0 atom stereocenters. The second-order valence-corrected chi connectivity index (χ2v) is 4.05. The molecular weight excluding hydrogens is 248 g/mol. The van der Waals surface area contributed by atoms with Crippen molar-refractivity contribution in [1.82, 2.24) is 4.98 Å². The zero-order valence-corrected chi connectivity index (χ0v) is 10.4. The van der Waals surface area contributed by atoms with Gasteiger partial charge in [0.1, 0.15) is 5.76 Å². The van der Waals surface area contributed by atoms with Crippen molar-refractivity contribution in [2.24, 2.45) is 0 Å². The van der Waals surface area contributed by atoms with Gasteiger partial charge in [0.2, 0.25) is 0 Å². The zero-order chi connectivity index (χ0) is 14.0. The van der Waals surface area contributed by atoms with Crippen molar-refractivity contribution in [2.75, 3.05) is 5.32 Å². The number of carboxylic acids is 1. The molecule has 0 aliphatic heterocycles. The molecule has 0 unspecified atom stereocenters. The molecule has 2 rings (SSSR count). The second kappa shape index (κ2) is 4.93. The third kappa shape index (κ3) is 2.62. The fraction of sp³-hybridized carbons (Fsp3) is 0.154. The molecule has 0 aliphatic carbocycles. The van der Waals surface area contributed by atoms with Gasteiger partial charge in [-0.05, 0) is 37.6 Å². The highest BCUT2D eigenvalue weighted by atomic mass is 16.4. The summed E-state index contributed by atoms with van der Waals surface area (Å²) in [6.07, 6.45) is 1.20. The highest BCUT2D eigenvalue weighted by Crippen LogP contribution is 2.16. The van der Waals surface area contributed by atoms with Gasteiger partial charge < -0.3 is 14.8 Å². The molecule has 0 fully saturated rings. The molecule has 1 amide bonds. The number of carbonyl (C=O) groups is 2. The first kappa shape index (κ1) is 12.8. The molecule has 2 aromatic rings. The Kier molecular flexibility index (Phi) is 3.33. The minimum absolute atomic E-state index is 0.204. The van der Waals surface area contributed by atoms with Gasteiger partial charge in [-0.2, -0.15) is 0 Å². The fourth-order valence-corrected chi connectivity index (χ4v) is 1.70. The van der Waals surface area contributed by atoms with Crippen molar-refractivity contribution in [3.8, 4) is 0 Å². The third-order valence-electron chi connectivity index (χ3n) is 2.67. The minimum atomic E-state index is -0.997. The van der Waals surface area contributed by atoms with Gasteiger partial charge in [0.15, 0.2) is 12.1 Å². The van der Waals surface area contributed by atoms with E-state index in [1.165, 1.54) is 18.5 Å². The molecule has 1 heterocycles. The number of anilines is 1. The van der Waals surface area contributed by atoms with E-state index in [4.69, 9.17) is 9.52 Å². The fourth-order valence-electron chi connectivity index (χ4n) is 1.70. The SMILES string of the molecule is Cc1cc(NC(=O)c2ncoc2C)ccc1C(=O)O. The monoisotopic (exact) mass is 260 g/mol. The van der Waals surface area contributed by atoms with Gasteiger partial charge in [-0.3, -0.25) is 4.79 Å². The Labute approximate surface area is 109 Å². The van der Waals surface area contributed by atoms with Crippen LogP contribution in [-0.2, 0) is 0 Å². The molecule has 0 saturated heterocycles. The standard InChI is InChI=1S/C13H12N2O4/c1-7-5-9(3-4-10(7)13(17)18)15-12(16)11-8(2)19-6-14-11/h3-6H,1-2H3,(H,15,16)(H,17,18). The molecule has 2 N–H and O–H groups in total. The average Bonchev–Trinajstić information content (AvgIpc) is 2.75. The van der Waals surface area contributed by atoms with Crippen LogP contribution in [0.2, 0.25) is 0 Å². The maximum atomic E-state index is 11.9. The smallest absolute Gasteiger partial charge is 0.335 e. The van der Waals surface area contributed by atoms with E-state index in [0.717, 1.165) is 0 Å². The van der Waals surface area contributed by atoms with Gasteiger partial charge >= 0.3 is 5.97 Å². The summed E-state index contributed by atoms with van der Waals surface area (Å²) < 4.78 is 4.95. The molecule has 0 bridgehead atoms. The molecule has 6 heteroatoms. The van der Waals surface area contributed by atoms with Crippen LogP contribution in [0.15, 0.2) is 29.0 Å². The van der Waals surface area contributed by atoms with Gasteiger partial charge in [0.25, 0.3) is 5.91 Å². The number of aromatic carboxylic acids is 1. The van der Waals surface area contributed by atoms with Crippen molar-refractivity contribution < 1.29 is 19.1 Å². The van der Waals surface area contributed by atoms with E-state index < -0.39 is 11.9 Å². The molecule has 0 spiro atoms. The summed E-state index contributed by atoms with van der Waals surface area (Å²) >= 11 is 0. The van der Waals surface area contributed by atoms with Crippen LogP contribution in [0.1, 0.15) is 32.2 Å². The van der Waals surface area contributed by atoms with Gasteiger partial charge in [-0.25, -0.2) is 9.78 Å². The molecule has 0 aliphatic rings. The van der Waals surface area contributed by atoms with Crippen molar-refractivity contribution in [2.45, 2.75) is 13.8 Å². The summed E-state index contributed by atoms with van der Waals surface area (Å²) in [7, 11) is 0. The van der Waals surface area contributed by atoms with Crippen LogP contribution in [0, 0.1) is 13.8 Å². The summed E-state index contributed by atoms with van der Waals surface area (Å²) in [5.41, 5.74) is 1.49. The molecule has 0 radical (unpaired) electrons. The Balaban J connectivity index is 2.21. The van der Waals surface area contributed by atoms with E-state index in [2.05, 4.69) is 10.3 Å². The molecule has 1 aromatic carbocycles. The van der Waals surface area contributed by atoms with E-state index in [-0.39, 0.29) is 11.3 Å². The number of aromatic nitrogens is 1. The van der Waals surface area contributed by atoms with Crippen LogP contribution in [0.25, 0.3) is 0 Å². The highest BCUT2D eigenvalue weighted by Gasteiger charge is 2.14. The average molecular weight is 260 g/mol. The number of carbonyl (C=O) groups excluding carboxylic acids is 1. The quantitative estimate of drug-likeness (QED) is 0.882. The number of carboxylic acid groups (broad SMARTS) is 1. The number of rotatable bonds is 3. The Hall–Kier alpha value is -2.63. The molecule has 6 nitrogen and oxygen atoms in total. The first-order valence-corrected chi connectivity index (χ1v) is 5.54. The molecule has 1 aromatic heterocycles. The lowest BCUT2D eigenvalue weighted by atomic mass is 10.1. The third-order valence-corrected chi connectivity index (χ3v) is 2.67. The van der Waals surface area contributed by atoms with Crippen LogP contribution < -0.4 is 5.32 Å². The van der Waals surface area contributed by atoms with Crippen molar-refractivity contribution >= 4 is 17.6 Å². The first-order valence-electron chi connectivity index (χ1n) is 5.54. The van der Waals surface area contributed by atoms with Crippen LogP contribution in [0.5, 0.6) is 0 Å². The Morgan fingerprint density at radius 1 is 1.32 bits per heavy atom. The summed E-state index contributed by atoms with van der Waals surface area (Å²) in [4.78, 5) is 26.6. The summed E-state index contributed by atoms with van der Waals surface area (Å²) in [5, 5.41) is 11.6. The first-order chi connectivity index (χ1) is 8.99. The molecular formula is C13H12N2O4. The lowest BCUT2D eigenvalue weighted by Crippen LogP contribution is -2.14. The Morgan fingerprint density at radius 3 is 2.58 bits per heavy atom. The number of amides is 1. The Morgan fingerprint density at radius 2 is 2.05 bits per heavy atom. The van der Waals surface area contributed by atoms with Gasteiger partial charge in [-0.1, -0.05) is 0 Å². The van der Waals surface area contributed by atoms with Crippen molar-refractivity contribution in [3.05, 3.63) is 47.2 Å². The van der Waals surface area contributed by atoms with Crippen LogP contribution in [-0.4, -0.2) is 22.0 Å². The highest BCUT2D eigenvalue weighted by molar-refractivity contribution is 6.03. The molecule has 98 valence electrons. The van der Waals surface area contributed by atoms with E-state index in [0.29, 0.717) is 17.0 Å². The van der Waals surface area contributed by atoms with E-state index >= 15 is 0 Å². The maximum Gasteiger partial charge on any atom is 0.335 e. The number of hydrogen-bond acceptors (Lipinski definition) is 4. The predicted molar refractivity (Wildman–Crippen MR) is 67.3 cm³/mol. The second-order valence-electron chi connectivity index (χ2n) is 4.05. The van der Waals surface area contributed by atoms with Crippen molar-refractivity contribution in [3.63, 3.8) is 0 Å². The van der Waals surface area contributed by atoms with Gasteiger partial charge in [0, 0.05) is 5.69 Å². The normalized spacial score (nSPS) is 10.2. The number of hydrogen-bond donors (Lipinski definition) is 2. The van der Waals surface area contributed by atoms with Crippen molar-refractivity contribution in [1.29, 1.82) is 0 Å². The molecule has 19 heavy (non-hydrogen) atoms. The van der Waals surface area contributed by atoms with E-state index in [1.807, 2.05) is 0 Å². The van der Waals surface area contributed by atoms with Crippen LogP contribution >= 0.6 is 0 Å². The van der Waals surface area contributed by atoms with Gasteiger partial charge in [-0.15, -0.1) is 0 Å². The summed E-state index contributed by atoms with van der Waals surface area (Å²) in [6.45, 7) is 3.31. The maximum absolute atomic E-state index is 11.9. The molecule has 0 saturated carbocycles. The van der Waals surface area contributed by atoms with E-state index in [9.17, 15) is 9.59 Å². The predicted octanol–water partition coefficient (Wildman–Crippen LogP) is 2.24. The van der Waals surface area contributed by atoms with Crippen LogP contribution in [0.4, 0.5) is 5.69 Å². The summed E-state index contributed by atoms with van der Waals surface area (Å²) in [6, 6.07) is 4.57. The largest absolute Gasteiger partial charge is 0.478 e. The topological polar surface area (TPSA) is 92.4 Å². The number of nitrogens with one attached hydrogen (secondary N) is 1. The lowest BCUT2D eigenvalue weighted by Gasteiger charge is -2.06. The van der Waals surface area contributed by atoms with E-state index in [1.54, 1.807) is 19.9 Å². The number of benzene rings is 1. The number of oxazole rings is 1. The zero-order valence-electron chi connectivity index (χ0n) is 10.4. The van der Waals surface area contributed by atoms with Crippen LogP contribution in [0.3, 0.4) is 0 Å². The number of aryl methyl sites for hydroxylation is 2. The lowest BCUT2D eigenvalue weighted by molar-refractivity contribution is 0.0696.